The van der Waals surface area contributed by atoms with E-state index in [1.807, 2.05) is 12.1 Å². The van der Waals surface area contributed by atoms with E-state index in [9.17, 15) is 19.2 Å². The van der Waals surface area contributed by atoms with Crippen molar-refractivity contribution in [3.63, 3.8) is 0 Å². The number of benzene rings is 5. The summed E-state index contributed by atoms with van der Waals surface area (Å²) in [6, 6.07) is 37.4. The number of aryl methyl sites for hydroxylation is 2. The fourth-order valence-electron chi connectivity index (χ4n) is 7.40. The Balaban J connectivity index is 1.18. The van der Waals surface area contributed by atoms with Gasteiger partial charge in [-0.1, -0.05) is 66.2 Å². The summed E-state index contributed by atoms with van der Waals surface area (Å²) in [5, 5.41) is 2.88. The van der Waals surface area contributed by atoms with Gasteiger partial charge in [0.05, 0.1) is 38.6 Å². The monoisotopic (exact) mass is 666 g/mol. The molecule has 0 unspecified atom stereocenters. The second-order valence-corrected chi connectivity index (χ2v) is 13.1. The van der Waals surface area contributed by atoms with Crippen LogP contribution in [0.25, 0.3) is 82.7 Å². The van der Waals surface area contributed by atoms with Crippen molar-refractivity contribution >= 4 is 43.4 Å². The third kappa shape index (κ3) is 4.57. The summed E-state index contributed by atoms with van der Waals surface area (Å²) < 4.78 is 4.41. The number of hydrogen-bond acceptors (Lipinski definition) is 5. The molecular weight excluding hydrogens is 636 g/mol. The average Bonchev–Trinajstić information content (AvgIpc) is 3.70. The van der Waals surface area contributed by atoms with Gasteiger partial charge >= 0.3 is 0 Å². The minimum atomic E-state index is -0.540. The molecule has 0 saturated carbocycles. The zero-order valence-corrected chi connectivity index (χ0v) is 28.1. The topological polar surface area (TPSA) is 96.0 Å². The Labute approximate surface area is 290 Å². The van der Waals surface area contributed by atoms with E-state index in [1.54, 1.807) is 12.1 Å². The van der Waals surface area contributed by atoms with Crippen LogP contribution in [0.2, 0.25) is 0 Å². The Bertz CT molecular complexity index is 3020. The standard InChI is InChI=1S/C43H30N4O4/c1-4-46-38-8-6-5-7-30(38)31-19-27(15-18-39(31)46)28-20-36(25-11-9-24(2)10-12-25)44-37(21-28)26-13-16-29(17-14-26)47-42(50)34-22-32-33(23-35(34)43(47)51)41(49)45(3)40(32)48/h5-23H,4H2,1-3H3. The predicted octanol–water partition coefficient (Wildman–Crippen LogP) is 7.27. The van der Waals surface area contributed by atoms with Gasteiger partial charge in [-0.05, 0) is 79.6 Å². The SMILES string of the molecule is CCn1c2ccccc2c2cc(-c3cc(-c4ccc(C)cc4)nc(-c4ccc(-n5c(=O)c6cc7c(=O)n(C)c(=O)c7cc6c5=O)cc4)c3)ccc21. The summed E-state index contributed by atoms with van der Waals surface area (Å²) in [7, 11) is 1.38. The van der Waals surface area contributed by atoms with Crippen molar-refractivity contribution in [3.05, 3.63) is 162 Å². The predicted molar refractivity (Wildman–Crippen MR) is 205 cm³/mol. The highest BCUT2D eigenvalue weighted by molar-refractivity contribution is 6.09. The first-order chi connectivity index (χ1) is 24.7. The fourth-order valence-corrected chi connectivity index (χ4v) is 7.40. The van der Waals surface area contributed by atoms with Gasteiger partial charge in [0, 0.05) is 46.5 Å². The Hall–Kier alpha value is -6.67. The Kier molecular flexibility index (Phi) is 6.66. The lowest BCUT2D eigenvalue weighted by atomic mass is 9.98. The summed E-state index contributed by atoms with van der Waals surface area (Å²) in [5.41, 5.74) is 7.32. The number of pyridine rings is 1. The summed E-state index contributed by atoms with van der Waals surface area (Å²) in [4.78, 5) is 57.3. The van der Waals surface area contributed by atoms with Crippen LogP contribution in [0.1, 0.15) is 12.5 Å². The van der Waals surface area contributed by atoms with Gasteiger partial charge in [-0.2, -0.15) is 0 Å². The lowest BCUT2D eigenvalue weighted by Gasteiger charge is -2.12. The largest absolute Gasteiger partial charge is 0.341 e. The summed E-state index contributed by atoms with van der Waals surface area (Å²) in [6.07, 6.45) is 0. The number of para-hydroxylation sites is 1. The second kappa shape index (κ2) is 11.2. The number of aromatic nitrogens is 4. The van der Waals surface area contributed by atoms with Crippen molar-refractivity contribution in [3.8, 4) is 39.3 Å². The molecule has 0 saturated heterocycles. The first-order valence-corrected chi connectivity index (χ1v) is 16.8. The van der Waals surface area contributed by atoms with E-state index in [0.717, 1.165) is 54.9 Å². The molecule has 0 radical (unpaired) electrons. The van der Waals surface area contributed by atoms with E-state index in [0.29, 0.717) is 5.69 Å². The number of fused-ring (bicyclic) bond motifs is 5. The Morgan fingerprint density at radius 1 is 0.510 bits per heavy atom. The number of rotatable bonds is 5. The normalized spacial score (nSPS) is 11.8. The first-order valence-electron chi connectivity index (χ1n) is 16.8. The van der Waals surface area contributed by atoms with Crippen molar-refractivity contribution in [2.45, 2.75) is 20.4 Å². The zero-order chi connectivity index (χ0) is 35.1. The zero-order valence-electron chi connectivity index (χ0n) is 28.1. The van der Waals surface area contributed by atoms with Crippen LogP contribution >= 0.6 is 0 Å². The summed E-state index contributed by atoms with van der Waals surface area (Å²) >= 11 is 0. The van der Waals surface area contributed by atoms with Crippen LogP contribution in [0.5, 0.6) is 0 Å². The van der Waals surface area contributed by atoms with Gasteiger partial charge in [0.1, 0.15) is 0 Å². The molecule has 0 aliphatic heterocycles. The molecule has 0 bridgehead atoms. The van der Waals surface area contributed by atoms with Crippen LogP contribution in [-0.4, -0.2) is 18.7 Å². The minimum absolute atomic E-state index is 0.107. The fraction of sp³-hybridized carbons (Fsp3) is 0.0930. The lowest BCUT2D eigenvalue weighted by Crippen LogP contribution is -2.23. The van der Waals surface area contributed by atoms with Crippen LogP contribution in [-0.2, 0) is 13.6 Å². The lowest BCUT2D eigenvalue weighted by molar-refractivity contribution is 0.827. The van der Waals surface area contributed by atoms with E-state index in [-0.39, 0.29) is 21.5 Å². The maximum Gasteiger partial charge on any atom is 0.266 e. The number of nitrogens with zero attached hydrogens (tertiary/aromatic N) is 4. The molecule has 4 heterocycles. The highest BCUT2D eigenvalue weighted by atomic mass is 16.2. The van der Waals surface area contributed by atoms with Crippen LogP contribution in [0, 0.1) is 6.92 Å². The van der Waals surface area contributed by atoms with Gasteiger partial charge in [0.2, 0.25) is 0 Å². The molecule has 0 N–H and O–H groups in total. The van der Waals surface area contributed by atoms with Crippen molar-refractivity contribution < 1.29 is 0 Å². The minimum Gasteiger partial charge on any atom is -0.341 e. The summed E-state index contributed by atoms with van der Waals surface area (Å²) in [6.45, 7) is 5.09. The van der Waals surface area contributed by atoms with Gasteiger partial charge in [0.25, 0.3) is 22.2 Å². The van der Waals surface area contributed by atoms with Gasteiger partial charge < -0.3 is 4.57 Å². The van der Waals surface area contributed by atoms with Crippen LogP contribution in [0.15, 0.2) is 134 Å². The van der Waals surface area contributed by atoms with Gasteiger partial charge in [-0.25, -0.2) is 9.55 Å². The van der Waals surface area contributed by atoms with Crippen LogP contribution < -0.4 is 22.2 Å². The van der Waals surface area contributed by atoms with Crippen LogP contribution in [0.4, 0.5) is 0 Å². The van der Waals surface area contributed by atoms with Crippen molar-refractivity contribution in [1.82, 2.24) is 18.7 Å². The van der Waals surface area contributed by atoms with E-state index in [1.165, 1.54) is 41.0 Å². The highest BCUT2D eigenvalue weighted by Gasteiger charge is 2.20. The molecule has 8 nitrogen and oxygen atoms in total. The molecule has 0 amide bonds. The molecular formula is C43H30N4O4. The van der Waals surface area contributed by atoms with Crippen molar-refractivity contribution in [2.24, 2.45) is 7.05 Å². The molecule has 246 valence electrons. The first kappa shape index (κ1) is 30.4. The quantitative estimate of drug-likeness (QED) is 0.193. The van der Waals surface area contributed by atoms with E-state index in [4.69, 9.17) is 4.98 Å². The third-order valence-electron chi connectivity index (χ3n) is 10.1. The van der Waals surface area contributed by atoms with E-state index in [2.05, 4.69) is 97.3 Å². The Morgan fingerprint density at radius 2 is 1.04 bits per heavy atom. The van der Waals surface area contributed by atoms with Crippen LogP contribution in [0.3, 0.4) is 0 Å². The van der Waals surface area contributed by atoms with E-state index < -0.39 is 22.2 Å². The molecule has 0 aliphatic carbocycles. The van der Waals surface area contributed by atoms with Gasteiger partial charge in [0.15, 0.2) is 0 Å². The maximum absolute atomic E-state index is 13.5. The molecule has 0 spiro atoms. The van der Waals surface area contributed by atoms with Gasteiger partial charge in [-0.15, -0.1) is 0 Å². The van der Waals surface area contributed by atoms with Crippen molar-refractivity contribution in [1.29, 1.82) is 0 Å². The average molecular weight is 667 g/mol. The maximum atomic E-state index is 13.5. The molecule has 8 heteroatoms. The highest BCUT2D eigenvalue weighted by Crippen LogP contribution is 2.35. The smallest absolute Gasteiger partial charge is 0.266 e. The Morgan fingerprint density at radius 3 is 1.65 bits per heavy atom. The molecule has 9 aromatic rings. The molecule has 0 fully saturated rings. The molecule has 0 atom stereocenters. The van der Waals surface area contributed by atoms with Gasteiger partial charge in [-0.3, -0.25) is 23.7 Å². The molecule has 4 aromatic heterocycles. The number of hydrogen-bond donors (Lipinski definition) is 0. The van der Waals surface area contributed by atoms with E-state index >= 15 is 0 Å². The molecule has 0 aliphatic rings. The molecule has 9 rings (SSSR count). The van der Waals surface area contributed by atoms with Crippen molar-refractivity contribution in [2.75, 3.05) is 0 Å². The molecule has 5 aromatic carbocycles. The second-order valence-electron chi connectivity index (χ2n) is 13.1. The summed E-state index contributed by atoms with van der Waals surface area (Å²) in [5.74, 6) is 0. The third-order valence-corrected chi connectivity index (χ3v) is 10.1. The molecule has 51 heavy (non-hydrogen) atoms.